The number of hydrogen-bond donors (Lipinski definition) is 2. The third kappa shape index (κ3) is 3.78. The number of hydrogen-bond acceptors (Lipinski definition) is 5. The van der Waals surface area contributed by atoms with Crippen molar-refractivity contribution >= 4 is 10.9 Å². The lowest BCUT2D eigenvalue weighted by Crippen LogP contribution is -2.24. The number of aliphatic hydroxyl groups excluding tert-OH is 1. The molecule has 0 bridgehead atoms. The highest BCUT2D eigenvalue weighted by Crippen LogP contribution is 2.43. The highest BCUT2D eigenvalue weighted by atomic mass is 19.4. The maximum Gasteiger partial charge on any atom is 0.433 e. The molecule has 10 heteroatoms. The number of nitrogens with zero attached hydrogens (tertiary/aromatic N) is 5. The molecule has 2 atom stereocenters. The minimum absolute atomic E-state index is 0.0387. The Balaban J connectivity index is 1.65. The molecular formula is C23H23F3N6O. The SMILES string of the molecule is CC(O)c1nc(C(F)(F)F)cc2c(-c3cccc([C@H](c4nncn4C)C4CCC4)c3)n[nH]c12. The number of aliphatic hydroxyl groups is 1. The Morgan fingerprint density at radius 2 is 2.00 bits per heavy atom. The molecule has 1 aliphatic rings. The topological polar surface area (TPSA) is 92.5 Å². The quantitative estimate of drug-likeness (QED) is 0.452. The number of H-pyrrole nitrogens is 1. The standard InChI is InChI=1S/C23H23F3N6O/c1-12(33)19-21-16(10-17(28-19)23(24,25)26)20(29-30-21)15-8-4-7-14(9-15)18(13-5-3-6-13)22-31-27-11-32(22)2/h4,7-13,18,33H,3,5-6H2,1-2H3,(H,29,30)/t12?,18-/m1/s1. The van der Waals surface area contributed by atoms with Gasteiger partial charge in [-0.25, -0.2) is 4.98 Å². The van der Waals surface area contributed by atoms with Gasteiger partial charge in [0, 0.05) is 23.9 Å². The van der Waals surface area contributed by atoms with Gasteiger partial charge in [-0.1, -0.05) is 24.6 Å². The number of nitrogens with one attached hydrogen (secondary N) is 1. The van der Waals surface area contributed by atoms with Crippen LogP contribution in [-0.4, -0.2) is 35.1 Å². The fraction of sp³-hybridized carbons (Fsp3) is 0.391. The number of aromatic amines is 1. The number of alkyl halides is 3. The van der Waals surface area contributed by atoms with E-state index in [9.17, 15) is 18.3 Å². The number of pyridine rings is 1. The average Bonchev–Trinajstić information content (AvgIpc) is 3.35. The fourth-order valence-corrected chi connectivity index (χ4v) is 4.57. The van der Waals surface area contributed by atoms with Gasteiger partial charge >= 0.3 is 6.18 Å². The van der Waals surface area contributed by atoms with E-state index in [0.29, 0.717) is 22.7 Å². The molecule has 1 unspecified atom stereocenters. The maximum atomic E-state index is 13.5. The Morgan fingerprint density at radius 1 is 1.21 bits per heavy atom. The molecule has 0 amide bonds. The fourth-order valence-electron chi connectivity index (χ4n) is 4.57. The minimum Gasteiger partial charge on any atom is -0.387 e. The van der Waals surface area contributed by atoms with Crippen LogP contribution in [0.3, 0.4) is 0 Å². The molecule has 3 heterocycles. The van der Waals surface area contributed by atoms with Gasteiger partial charge in [0.05, 0.1) is 17.3 Å². The Labute approximate surface area is 187 Å². The highest BCUT2D eigenvalue weighted by molar-refractivity contribution is 5.94. The average molecular weight is 456 g/mol. The van der Waals surface area contributed by atoms with Gasteiger partial charge in [0.15, 0.2) is 0 Å². The van der Waals surface area contributed by atoms with Gasteiger partial charge in [-0.2, -0.15) is 18.3 Å². The van der Waals surface area contributed by atoms with E-state index >= 15 is 0 Å². The van der Waals surface area contributed by atoms with E-state index in [0.717, 1.165) is 36.7 Å². The van der Waals surface area contributed by atoms with Crippen molar-refractivity contribution in [2.75, 3.05) is 0 Å². The first-order chi connectivity index (χ1) is 15.7. The Morgan fingerprint density at radius 3 is 2.61 bits per heavy atom. The van der Waals surface area contributed by atoms with Crippen molar-refractivity contribution < 1.29 is 18.3 Å². The van der Waals surface area contributed by atoms with Crippen molar-refractivity contribution in [2.24, 2.45) is 13.0 Å². The summed E-state index contributed by atoms with van der Waals surface area (Å²) in [6, 6.07) is 8.67. The first-order valence-electron chi connectivity index (χ1n) is 10.8. The van der Waals surface area contributed by atoms with E-state index in [1.54, 1.807) is 6.33 Å². The molecule has 4 aromatic rings. The molecular weight excluding hydrogens is 433 g/mol. The summed E-state index contributed by atoms with van der Waals surface area (Å²) >= 11 is 0. The molecule has 0 aliphatic heterocycles. The molecule has 5 rings (SSSR count). The van der Waals surface area contributed by atoms with Crippen LogP contribution in [0.15, 0.2) is 36.7 Å². The Kier molecular flexibility index (Phi) is 5.19. The molecule has 3 aromatic heterocycles. The number of aromatic nitrogens is 6. The van der Waals surface area contributed by atoms with E-state index in [2.05, 4.69) is 25.4 Å². The molecule has 2 N–H and O–H groups in total. The van der Waals surface area contributed by atoms with E-state index in [1.165, 1.54) is 6.92 Å². The molecule has 172 valence electrons. The van der Waals surface area contributed by atoms with Crippen LogP contribution in [0.5, 0.6) is 0 Å². The number of fused-ring (bicyclic) bond motifs is 1. The molecule has 7 nitrogen and oxygen atoms in total. The van der Waals surface area contributed by atoms with Crippen LogP contribution in [-0.2, 0) is 13.2 Å². The number of halogens is 3. The summed E-state index contributed by atoms with van der Waals surface area (Å²) in [5, 5.41) is 25.8. The molecule has 1 saturated carbocycles. The Bertz CT molecular complexity index is 1310. The molecule has 0 saturated heterocycles. The summed E-state index contributed by atoms with van der Waals surface area (Å²) in [4.78, 5) is 3.65. The molecule has 0 radical (unpaired) electrons. The predicted octanol–water partition coefficient (Wildman–Crippen LogP) is 4.76. The van der Waals surface area contributed by atoms with Gasteiger partial charge in [-0.05, 0) is 43.4 Å². The van der Waals surface area contributed by atoms with Crippen molar-refractivity contribution in [3.63, 3.8) is 0 Å². The van der Waals surface area contributed by atoms with Crippen LogP contribution >= 0.6 is 0 Å². The molecule has 1 aromatic carbocycles. The summed E-state index contributed by atoms with van der Waals surface area (Å²) in [6.07, 6.45) is -0.813. The molecule has 0 spiro atoms. The normalized spacial score (nSPS) is 16.7. The monoisotopic (exact) mass is 456 g/mol. The zero-order valence-electron chi connectivity index (χ0n) is 18.1. The van der Waals surface area contributed by atoms with E-state index in [1.807, 2.05) is 35.9 Å². The van der Waals surface area contributed by atoms with Gasteiger partial charge in [0.25, 0.3) is 0 Å². The van der Waals surface area contributed by atoms with Gasteiger partial charge in [0.1, 0.15) is 23.5 Å². The summed E-state index contributed by atoms with van der Waals surface area (Å²) in [6.45, 7) is 1.38. The smallest absolute Gasteiger partial charge is 0.387 e. The Hall–Kier alpha value is -3.27. The maximum absolute atomic E-state index is 13.5. The minimum atomic E-state index is -4.64. The highest BCUT2D eigenvalue weighted by Gasteiger charge is 2.35. The number of aryl methyl sites for hydroxylation is 1. The second kappa shape index (κ2) is 7.95. The number of benzene rings is 1. The van der Waals surface area contributed by atoms with E-state index < -0.39 is 18.0 Å². The molecule has 33 heavy (non-hydrogen) atoms. The van der Waals surface area contributed by atoms with Gasteiger partial charge < -0.3 is 9.67 Å². The van der Waals surface area contributed by atoms with Crippen molar-refractivity contribution in [2.45, 2.75) is 44.4 Å². The predicted molar refractivity (Wildman–Crippen MR) is 115 cm³/mol. The second-order valence-electron chi connectivity index (χ2n) is 8.66. The van der Waals surface area contributed by atoms with E-state index in [4.69, 9.17) is 0 Å². The van der Waals surface area contributed by atoms with Crippen LogP contribution in [0.4, 0.5) is 13.2 Å². The number of rotatable bonds is 5. The van der Waals surface area contributed by atoms with Crippen LogP contribution in [0.1, 0.15) is 61.0 Å². The molecule has 1 aliphatic carbocycles. The third-order valence-corrected chi connectivity index (χ3v) is 6.43. The van der Waals surface area contributed by atoms with Crippen molar-refractivity contribution in [1.29, 1.82) is 0 Å². The van der Waals surface area contributed by atoms with Crippen LogP contribution in [0.2, 0.25) is 0 Å². The molecule has 1 fully saturated rings. The summed E-state index contributed by atoms with van der Waals surface area (Å²) in [7, 11) is 1.91. The van der Waals surface area contributed by atoms with E-state index in [-0.39, 0.29) is 17.0 Å². The van der Waals surface area contributed by atoms with Gasteiger partial charge in [-0.3, -0.25) is 5.10 Å². The summed E-state index contributed by atoms with van der Waals surface area (Å²) in [5.74, 6) is 1.34. The first-order valence-corrected chi connectivity index (χ1v) is 10.8. The van der Waals surface area contributed by atoms with Gasteiger partial charge in [-0.15, -0.1) is 10.2 Å². The largest absolute Gasteiger partial charge is 0.433 e. The van der Waals surface area contributed by atoms with Gasteiger partial charge in [0.2, 0.25) is 0 Å². The zero-order chi connectivity index (χ0) is 23.3. The lowest BCUT2D eigenvalue weighted by Gasteiger charge is -2.33. The summed E-state index contributed by atoms with van der Waals surface area (Å²) in [5.41, 5.74) is 1.23. The lowest BCUT2D eigenvalue weighted by molar-refractivity contribution is -0.141. The van der Waals surface area contributed by atoms with Crippen LogP contribution in [0.25, 0.3) is 22.2 Å². The van der Waals surface area contributed by atoms with Crippen molar-refractivity contribution in [3.8, 4) is 11.3 Å². The first kappa shape index (κ1) is 21.6. The lowest BCUT2D eigenvalue weighted by atomic mass is 9.72. The van der Waals surface area contributed by atoms with Crippen molar-refractivity contribution in [3.05, 3.63) is 59.4 Å². The van der Waals surface area contributed by atoms with Crippen LogP contribution in [0, 0.1) is 5.92 Å². The van der Waals surface area contributed by atoms with Crippen LogP contribution < -0.4 is 0 Å². The third-order valence-electron chi connectivity index (χ3n) is 6.43. The van der Waals surface area contributed by atoms with Crippen molar-refractivity contribution in [1.82, 2.24) is 29.9 Å². The second-order valence-corrected chi connectivity index (χ2v) is 8.66. The summed E-state index contributed by atoms with van der Waals surface area (Å²) < 4.78 is 42.4. The zero-order valence-corrected chi connectivity index (χ0v) is 18.1.